The summed E-state index contributed by atoms with van der Waals surface area (Å²) in [6, 6.07) is 33.2. The lowest BCUT2D eigenvalue weighted by Crippen LogP contribution is -2.48. The van der Waals surface area contributed by atoms with E-state index < -0.39 is 12.0 Å². The van der Waals surface area contributed by atoms with Gasteiger partial charge in [-0.2, -0.15) is 0 Å². The normalized spacial score (nSPS) is 14.0. The van der Waals surface area contributed by atoms with Crippen LogP contribution in [0.25, 0.3) is 0 Å². The Bertz CT molecular complexity index is 1550. The number of hydrogen-bond acceptors (Lipinski definition) is 6. The van der Waals surface area contributed by atoms with Crippen molar-refractivity contribution in [3.05, 3.63) is 131 Å². The molecule has 0 aromatic heterocycles. The van der Waals surface area contributed by atoms with Gasteiger partial charge in [0.2, 0.25) is 5.91 Å². The Balaban J connectivity index is 1.15. The summed E-state index contributed by atoms with van der Waals surface area (Å²) in [5.74, 6) is 0.209. The highest BCUT2D eigenvalue weighted by atomic mass is 16.5. The van der Waals surface area contributed by atoms with Gasteiger partial charge in [-0.05, 0) is 54.7 Å². The van der Waals surface area contributed by atoms with Crippen LogP contribution in [0.2, 0.25) is 0 Å². The molecule has 0 aliphatic heterocycles. The number of anilines is 1. The lowest BCUT2D eigenvalue weighted by Gasteiger charge is -2.40. The lowest BCUT2D eigenvalue weighted by molar-refractivity contribution is -0.141. The summed E-state index contributed by atoms with van der Waals surface area (Å²) in [6.07, 6.45) is 4.01. The van der Waals surface area contributed by atoms with Crippen molar-refractivity contribution in [2.75, 3.05) is 25.6 Å². The Kier molecular flexibility index (Phi) is 10.1. The summed E-state index contributed by atoms with van der Waals surface area (Å²) >= 11 is 0. The van der Waals surface area contributed by atoms with E-state index >= 15 is 0 Å². The molecular formula is C37H38N2O5. The zero-order valence-electron chi connectivity index (χ0n) is 25.0. The SMILES string of the molecule is COC(=O)[C@H](Cc1ccc(OCCNC(=O)C2(Cc3ccccc3)CCC2)cc1)Nc1ccccc1C(=O)c1ccccc1. The highest BCUT2D eigenvalue weighted by Crippen LogP contribution is 2.44. The first-order valence-electron chi connectivity index (χ1n) is 15.0. The van der Waals surface area contributed by atoms with Gasteiger partial charge in [-0.15, -0.1) is 0 Å². The van der Waals surface area contributed by atoms with E-state index in [1.165, 1.54) is 12.7 Å². The van der Waals surface area contributed by atoms with E-state index in [1.807, 2.05) is 66.7 Å². The topological polar surface area (TPSA) is 93.7 Å². The quantitative estimate of drug-likeness (QED) is 0.106. The van der Waals surface area contributed by atoms with Crippen molar-refractivity contribution >= 4 is 23.3 Å². The number of benzene rings is 4. The van der Waals surface area contributed by atoms with Gasteiger partial charge in [0.05, 0.1) is 19.1 Å². The maximum Gasteiger partial charge on any atom is 0.328 e. The highest BCUT2D eigenvalue weighted by molar-refractivity contribution is 6.12. The maximum atomic E-state index is 13.2. The number of hydrogen-bond donors (Lipinski definition) is 2. The van der Waals surface area contributed by atoms with E-state index in [1.54, 1.807) is 30.3 Å². The molecule has 2 N–H and O–H groups in total. The van der Waals surface area contributed by atoms with Crippen LogP contribution in [-0.2, 0) is 27.2 Å². The number of ketones is 1. The molecule has 226 valence electrons. The van der Waals surface area contributed by atoms with E-state index in [0.717, 1.165) is 31.2 Å². The minimum absolute atomic E-state index is 0.0972. The number of methoxy groups -OCH3 is 1. The summed E-state index contributed by atoms with van der Waals surface area (Å²) in [5, 5.41) is 6.31. The Morgan fingerprint density at radius 2 is 1.45 bits per heavy atom. The molecule has 1 amide bonds. The molecule has 0 heterocycles. The fourth-order valence-electron chi connectivity index (χ4n) is 5.63. The zero-order chi connectivity index (χ0) is 30.8. The third-order valence-corrected chi connectivity index (χ3v) is 8.22. The van der Waals surface area contributed by atoms with Crippen LogP contribution in [-0.4, -0.2) is 44.0 Å². The van der Waals surface area contributed by atoms with Crippen LogP contribution in [0.3, 0.4) is 0 Å². The molecule has 7 heteroatoms. The fraction of sp³-hybridized carbons (Fsp3) is 0.270. The van der Waals surface area contributed by atoms with Gasteiger partial charge in [-0.25, -0.2) is 4.79 Å². The average molecular weight is 591 g/mol. The molecule has 0 spiro atoms. The number of carbonyl (C=O) groups is 3. The molecule has 0 bridgehead atoms. The molecule has 7 nitrogen and oxygen atoms in total. The number of carbonyl (C=O) groups excluding carboxylic acids is 3. The molecule has 1 saturated carbocycles. The number of ether oxygens (including phenoxy) is 2. The Morgan fingerprint density at radius 3 is 2.11 bits per heavy atom. The molecule has 0 saturated heterocycles. The first-order chi connectivity index (χ1) is 21.5. The van der Waals surface area contributed by atoms with E-state index in [9.17, 15) is 14.4 Å². The summed E-state index contributed by atoms with van der Waals surface area (Å²) in [5.41, 5.74) is 3.38. The fourth-order valence-corrected chi connectivity index (χ4v) is 5.63. The summed E-state index contributed by atoms with van der Waals surface area (Å²) in [4.78, 5) is 38.9. The second-order valence-corrected chi connectivity index (χ2v) is 11.2. The Labute approximate surface area is 258 Å². The zero-order valence-corrected chi connectivity index (χ0v) is 25.0. The van der Waals surface area contributed by atoms with Gasteiger partial charge in [0.1, 0.15) is 18.4 Å². The van der Waals surface area contributed by atoms with Crippen LogP contribution in [0.4, 0.5) is 5.69 Å². The first kappa shape index (κ1) is 30.5. The second-order valence-electron chi connectivity index (χ2n) is 11.2. The van der Waals surface area contributed by atoms with E-state index in [-0.39, 0.29) is 17.1 Å². The minimum Gasteiger partial charge on any atom is -0.492 e. The van der Waals surface area contributed by atoms with Crippen molar-refractivity contribution in [1.82, 2.24) is 5.32 Å². The monoisotopic (exact) mass is 590 g/mol. The third kappa shape index (κ3) is 7.53. The van der Waals surface area contributed by atoms with Crippen molar-refractivity contribution < 1.29 is 23.9 Å². The average Bonchev–Trinajstić information content (AvgIpc) is 3.05. The van der Waals surface area contributed by atoms with E-state index in [0.29, 0.717) is 42.1 Å². The van der Waals surface area contributed by atoms with Gasteiger partial charge in [-0.1, -0.05) is 91.3 Å². The van der Waals surface area contributed by atoms with Gasteiger partial charge in [0.25, 0.3) is 0 Å². The van der Waals surface area contributed by atoms with Crippen LogP contribution in [0.1, 0.15) is 46.3 Å². The smallest absolute Gasteiger partial charge is 0.328 e. The Hall–Kier alpha value is -4.91. The number of rotatable bonds is 14. The molecule has 1 aliphatic rings. The minimum atomic E-state index is -0.707. The molecule has 0 unspecified atom stereocenters. The molecule has 4 aromatic rings. The molecular weight excluding hydrogens is 552 g/mol. The third-order valence-electron chi connectivity index (χ3n) is 8.22. The van der Waals surface area contributed by atoms with Crippen molar-refractivity contribution in [2.24, 2.45) is 5.41 Å². The predicted molar refractivity (Wildman–Crippen MR) is 171 cm³/mol. The molecule has 4 aromatic carbocycles. The molecule has 1 aliphatic carbocycles. The van der Waals surface area contributed by atoms with Gasteiger partial charge in [0, 0.05) is 23.2 Å². The van der Waals surface area contributed by atoms with Gasteiger partial charge < -0.3 is 20.1 Å². The number of amides is 1. The number of para-hydroxylation sites is 1. The van der Waals surface area contributed by atoms with Crippen LogP contribution in [0.5, 0.6) is 5.75 Å². The van der Waals surface area contributed by atoms with E-state index in [2.05, 4.69) is 22.8 Å². The van der Waals surface area contributed by atoms with Crippen molar-refractivity contribution in [1.29, 1.82) is 0 Å². The maximum absolute atomic E-state index is 13.2. The van der Waals surface area contributed by atoms with Crippen LogP contribution in [0.15, 0.2) is 109 Å². The lowest BCUT2D eigenvalue weighted by atomic mass is 9.64. The van der Waals surface area contributed by atoms with Crippen molar-refractivity contribution in [3.8, 4) is 5.75 Å². The molecule has 0 radical (unpaired) electrons. The van der Waals surface area contributed by atoms with Gasteiger partial charge >= 0.3 is 5.97 Å². The van der Waals surface area contributed by atoms with Gasteiger partial charge in [0.15, 0.2) is 5.78 Å². The standard InChI is InChI=1S/C37H38N2O5/c1-43-35(41)33(39-32-16-9-8-15-31(32)34(40)29-13-6-3-7-14-29)25-27-17-19-30(20-18-27)44-24-23-38-36(42)37(21-10-22-37)26-28-11-4-2-5-12-28/h2-9,11-20,33,39H,10,21-26H2,1H3,(H,38,42)/t33-/m0/s1. The number of nitrogens with one attached hydrogen (secondary N) is 2. The first-order valence-corrected chi connectivity index (χ1v) is 15.0. The van der Waals surface area contributed by atoms with E-state index in [4.69, 9.17) is 9.47 Å². The molecule has 1 atom stereocenters. The molecule has 1 fully saturated rings. The van der Waals surface area contributed by atoms with Crippen molar-refractivity contribution in [2.45, 2.75) is 38.1 Å². The van der Waals surface area contributed by atoms with Crippen molar-refractivity contribution in [3.63, 3.8) is 0 Å². The largest absolute Gasteiger partial charge is 0.492 e. The highest BCUT2D eigenvalue weighted by Gasteiger charge is 2.43. The van der Waals surface area contributed by atoms with Crippen LogP contribution < -0.4 is 15.4 Å². The molecule has 5 rings (SSSR count). The summed E-state index contributed by atoms with van der Waals surface area (Å²) in [7, 11) is 1.35. The molecule has 44 heavy (non-hydrogen) atoms. The van der Waals surface area contributed by atoms with Gasteiger partial charge in [-0.3, -0.25) is 9.59 Å². The Morgan fingerprint density at radius 1 is 0.795 bits per heavy atom. The summed E-state index contributed by atoms with van der Waals surface area (Å²) < 4.78 is 11.0. The van der Waals surface area contributed by atoms with Crippen LogP contribution >= 0.6 is 0 Å². The predicted octanol–water partition coefficient (Wildman–Crippen LogP) is 6.02. The second kappa shape index (κ2) is 14.5. The van der Waals surface area contributed by atoms with Crippen LogP contribution in [0, 0.1) is 5.41 Å². The number of esters is 1. The summed E-state index contributed by atoms with van der Waals surface area (Å²) in [6.45, 7) is 0.775.